The minimum absolute atomic E-state index is 0.107. The number of carboxylic acids is 1. The van der Waals surface area contributed by atoms with Crippen molar-refractivity contribution in [1.82, 2.24) is 10.2 Å². The molecule has 0 aliphatic heterocycles. The van der Waals surface area contributed by atoms with Gasteiger partial charge in [0, 0.05) is 9.86 Å². The summed E-state index contributed by atoms with van der Waals surface area (Å²) in [6.07, 6.45) is 0. The molecule has 0 aliphatic rings. The molecule has 6 heteroatoms. The first-order chi connectivity index (χ1) is 10.2. The van der Waals surface area contributed by atoms with Gasteiger partial charge in [0.1, 0.15) is 0 Å². The van der Waals surface area contributed by atoms with Gasteiger partial charge >= 0.3 is 5.97 Å². The molecule has 0 unspecified atom stereocenters. The van der Waals surface area contributed by atoms with Gasteiger partial charge < -0.3 is 10.4 Å². The number of carbonyl (C=O) groups is 1. The molecule has 0 saturated heterocycles. The fourth-order valence-corrected chi connectivity index (χ4v) is 2.41. The molecule has 1 heterocycles. The van der Waals surface area contributed by atoms with Crippen LogP contribution in [0.2, 0.25) is 0 Å². The van der Waals surface area contributed by atoms with Crippen LogP contribution in [0, 0.1) is 0 Å². The number of hydrogen-bond acceptors (Lipinski definition) is 4. The minimum atomic E-state index is -1.12. The molecule has 2 aromatic carbocycles. The van der Waals surface area contributed by atoms with Crippen LogP contribution >= 0.6 is 15.9 Å². The summed E-state index contributed by atoms with van der Waals surface area (Å²) in [5.41, 5.74) is 1.72. The van der Waals surface area contributed by atoms with Crippen LogP contribution in [-0.2, 0) is 0 Å². The van der Waals surface area contributed by atoms with Crippen LogP contribution in [0.25, 0.3) is 10.9 Å². The molecule has 104 valence electrons. The van der Waals surface area contributed by atoms with Crippen LogP contribution in [0.5, 0.6) is 0 Å². The molecule has 0 radical (unpaired) electrons. The van der Waals surface area contributed by atoms with E-state index in [4.69, 9.17) is 0 Å². The predicted octanol–water partition coefficient (Wildman–Crippen LogP) is 3.83. The second-order valence-corrected chi connectivity index (χ2v) is 5.21. The largest absolute Gasteiger partial charge is 0.476 e. The smallest absolute Gasteiger partial charge is 0.358 e. The Bertz CT molecular complexity index is 836. The molecule has 0 spiro atoms. The number of hydrogen-bond donors (Lipinski definition) is 2. The predicted molar refractivity (Wildman–Crippen MR) is 83.9 cm³/mol. The maximum atomic E-state index is 11.4. The summed E-state index contributed by atoms with van der Waals surface area (Å²) >= 11 is 3.43. The molecule has 0 fully saturated rings. The number of para-hydroxylation sites is 1. The van der Waals surface area contributed by atoms with Gasteiger partial charge in [0.15, 0.2) is 5.69 Å². The van der Waals surface area contributed by atoms with E-state index in [-0.39, 0.29) is 5.69 Å². The monoisotopic (exact) mass is 343 g/mol. The van der Waals surface area contributed by atoms with Crippen LogP contribution in [0.3, 0.4) is 0 Å². The second-order valence-electron chi connectivity index (χ2n) is 4.35. The fourth-order valence-electron chi connectivity index (χ4n) is 2.03. The number of nitrogens with one attached hydrogen (secondary N) is 1. The number of nitrogens with zero attached hydrogens (tertiary/aromatic N) is 2. The summed E-state index contributed by atoms with van der Waals surface area (Å²) in [6, 6.07) is 14.8. The van der Waals surface area contributed by atoms with Gasteiger partial charge in [-0.1, -0.05) is 30.3 Å². The topological polar surface area (TPSA) is 75.1 Å². The quantitative estimate of drug-likeness (QED) is 0.755. The van der Waals surface area contributed by atoms with E-state index in [2.05, 4.69) is 31.4 Å². The maximum Gasteiger partial charge on any atom is 0.358 e. The summed E-state index contributed by atoms with van der Waals surface area (Å²) in [6.45, 7) is 0. The molecule has 3 aromatic rings. The molecule has 1 aromatic heterocycles. The molecule has 0 bridgehead atoms. The lowest BCUT2D eigenvalue weighted by Crippen LogP contribution is -2.08. The first-order valence-corrected chi connectivity index (χ1v) is 6.96. The lowest BCUT2D eigenvalue weighted by molar-refractivity contribution is 0.0690. The van der Waals surface area contributed by atoms with E-state index in [1.54, 1.807) is 6.07 Å². The third-order valence-corrected chi connectivity index (χ3v) is 3.70. The zero-order valence-corrected chi connectivity index (χ0v) is 12.3. The Hall–Kier alpha value is -2.47. The van der Waals surface area contributed by atoms with Crippen molar-refractivity contribution >= 4 is 44.2 Å². The lowest BCUT2D eigenvalue weighted by Gasteiger charge is -2.12. The van der Waals surface area contributed by atoms with Gasteiger partial charge in [-0.25, -0.2) is 4.79 Å². The van der Waals surface area contributed by atoms with Crippen molar-refractivity contribution in [3.63, 3.8) is 0 Å². The van der Waals surface area contributed by atoms with Crippen molar-refractivity contribution in [3.8, 4) is 0 Å². The molecule has 5 nitrogen and oxygen atoms in total. The van der Waals surface area contributed by atoms with Crippen molar-refractivity contribution in [2.45, 2.75) is 0 Å². The molecule has 0 atom stereocenters. The van der Waals surface area contributed by atoms with E-state index in [1.165, 1.54) is 0 Å². The minimum Gasteiger partial charge on any atom is -0.476 e. The maximum absolute atomic E-state index is 11.4. The van der Waals surface area contributed by atoms with Gasteiger partial charge in [0.25, 0.3) is 0 Å². The highest BCUT2D eigenvalue weighted by atomic mass is 79.9. The molecule has 0 amide bonds. The second kappa shape index (κ2) is 5.49. The van der Waals surface area contributed by atoms with Crippen molar-refractivity contribution in [2.24, 2.45) is 0 Å². The van der Waals surface area contributed by atoms with Crippen LogP contribution in [-0.4, -0.2) is 21.3 Å². The Labute approximate surface area is 128 Å². The standard InChI is InChI=1S/C15H10BrN3O2/c16-10-6-2-4-8-12(10)17-13-9-5-1-3-7-11(9)18-19-14(13)15(20)21/h1-8H,(H,17,18)(H,20,21). The van der Waals surface area contributed by atoms with Gasteiger partial charge in [-0.3, -0.25) is 0 Å². The summed E-state index contributed by atoms with van der Waals surface area (Å²) < 4.78 is 0.835. The van der Waals surface area contributed by atoms with Gasteiger partial charge in [-0.2, -0.15) is 0 Å². The van der Waals surface area contributed by atoms with Crippen LogP contribution < -0.4 is 5.32 Å². The number of rotatable bonds is 3. The van der Waals surface area contributed by atoms with Crippen LogP contribution in [0.15, 0.2) is 53.0 Å². The third kappa shape index (κ3) is 2.57. The Morgan fingerprint density at radius 3 is 2.52 bits per heavy atom. The first-order valence-electron chi connectivity index (χ1n) is 6.17. The van der Waals surface area contributed by atoms with Crippen molar-refractivity contribution < 1.29 is 9.90 Å². The summed E-state index contributed by atoms with van der Waals surface area (Å²) in [7, 11) is 0. The third-order valence-electron chi connectivity index (χ3n) is 3.00. The van der Waals surface area contributed by atoms with E-state index < -0.39 is 5.97 Å². The molecular formula is C15H10BrN3O2. The summed E-state index contributed by atoms with van der Waals surface area (Å²) in [5.74, 6) is -1.12. The SMILES string of the molecule is O=C(O)c1nnc2ccccc2c1Nc1ccccc1Br. The Balaban J connectivity index is 2.21. The number of carboxylic acid groups (broad SMARTS) is 1. The summed E-state index contributed by atoms with van der Waals surface area (Å²) in [5, 5.41) is 20.9. The van der Waals surface area contributed by atoms with Crippen molar-refractivity contribution in [3.05, 3.63) is 58.7 Å². The number of aromatic nitrogens is 2. The number of benzene rings is 2. The van der Waals surface area contributed by atoms with Crippen LogP contribution in [0.4, 0.5) is 11.4 Å². The normalized spacial score (nSPS) is 10.5. The number of halogens is 1. The van der Waals surface area contributed by atoms with E-state index in [0.29, 0.717) is 16.6 Å². The van der Waals surface area contributed by atoms with Gasteiger partial charge in [-0.05, 0) is 34.1 Å². The van der Waals surface area contributed by atoms with Gasteiger partial charge in [0.2, 0.25) is 0 Å². The van der Waals surface area contributed by atoms with E-state index in [9.17, 15) is 9.90 Å². The van der Waals surface area contributed by atoms with Crippen molar-refractivity contribution in [2.75, 3.05) is 5.32 Å². The average molecular weight is 344 g/mol. The summed E-state index contributed by atoms with van der Waals surface area (Å²) in [4.78, 5) is 11.4. The number of anilines is 2. The number of aromatic carboxylic acids is 1. The highest BCUT2D eigenvalue weighted by Crippen LogP contribution is 2.31. The molecule has 2 N–H and O–H groups in total. The zero-order valence-electron chi connectivity index (χ0n) is 10.7. The van der Waals surface area contributed by atoms with Gasteiger partial charge in [-0.15, -0.1) is 10.2 Å². The fraction of sp³-hybridized carbons (Fsp3) is 0. The molecule has 21 heavy (non-hydrogen) atoms. The Kier molecular flexibility index (Phi) is 3.53. The van der Waals surface area contributed by atoms with Gasteiger partial charge in [0.05, 0.1) is 16.9 Å². The number of fused-ring (bicyclic) bond motifs is 1. The lowest BCUT2D eigenvalue weighted by atomic mass is 10.1. The molecule has 0 saturated carbocycles. The first kappa shape index (κ1) is 13.5. The highest BCUT2D eigenvalue weighted by molar-refractivity contribution is 9.10. The van der Waals surface area contributed by atoms with Crippen molar-refractivity contribution in [1.29, 1.82) is 0 Å². The van der Waals surface area contributed by atoms with E-state index >= 15 is 0 Å². The van der Waals surface area contributed by atoms with Crippen LogP contribution in [0.1, 0.15) is 10.5 Å². The average Bonchev–Trinajstić information content (AvgIpc) is 2.49. The molecule has 0 aliphatic carbocycles. The molecular weight excluding hydrogens is 334 g/mol. The Morgan fingerprint density at radius 1 is 1.05 bits per heavy atom. The Morgan fingerprint density at radius 2 is 1.76 bits per heavy atom. The highest BCUT2D eigenvalue weighted by Gasteiger charge is 2.17. The van der Waals surface area contributed by atoms with E-state index in [1.807, 2.05) is 42.5 Å². The molecule has 3 rings (SSSR count). The van der Waals surface area contributed by atoms with E-state index in [0.717, 1.165) is 10.2 Å². The zero-order chi connectivity index (χ0) is 14.8.